The monoisotopic (exact) mass is 459 g/mol. The van der Waals surface area contributed by atoms with Crippen LogP contribution >= 0.6 is 24.0 Å². The zero-order valence-electron chi connectivity index (χ0n) is 15.5. The normalized spacial score (nSPS) is 18.1. The Labute approximate surface area is 167 Å². The number of nitrogens with zero attached hydrogens (tertiary/aromatic N) is 2. The minimum absolute atomic E-state index is 0. The van der Waals surface area contributed by atoms with Crippen molar-refractivity contribution in [1.29, 1.82) is 0 Å². The quantitative estimate of drug-likeness (QED) is 0.273. The summed E-state index contributed by atoms with van der Waals surface area (Å²) in [5.74, 6) is 0.877. The maximum Gasteiger partial charge on any atom is 0.229 e. The molecule has 3 N–H and O–H groups in total. The summed E-state index contributed by atoms with van der Waals surface area (Å²) in [6.45, 7) is 8.71. The highest BCUT2D eigenvalue weighted by Gasteiger charge is 2.30. The van der Waals surface area contributed by atoms with Crippen LogP contribution in [0.2, 0.25) is 0 Å². The molecule has 0 radical (unpaired) electrons. The third-order valence-electron chi connectivity index (χ3n) is 3.83. The Kier molecular flexibility index (Phi) is 8.64. The molecule has 1 aliphatic rings. The van der Waals surface area contributed by atoms with Gasteiger partial charge in [0.05, 0.1) is 6.04 Å². The first-order chi connectivity index (χ1) is 11.4. The molecule has 0 aliphatic carbocycles. The molecule has 0 aromatic heterocycles. The van der Waals surface area contributed by atoms with Gasteiger partial charge < -0.3 is 20.9 Å². The lowest BCUT2D eigenvalue weighted by molar-refractivity contribution is -0.117. The van der Waals surface area contributed by atoms with Crippen molar-refractivity contribution in [2.24, 2.45) is 4.99 Å². The summed E-state index contributed by atoms with van der Waals surface area (Å²) < 4.78 is 0. The van der Waals surface area contributed by atoms with Crippen LogP contribution in [-0.2, 0) is 4.79 Å². The summed E-state index contributed by atoms with van der Waals surface area (Å²) in [5.41, 5.74) is 1.05. The largest absolute Gasteiger partial charge is 0.355 e. The van der Waals surface area contributed by atoms with Crippen LogP contribution in [0.5, 0.6) is 0 Å². The van der Waals surface area contributed by atoms with Crippen LogP contribution in [0.4, 0.5) is 5.69 Å². The fourth-order valence-electron chi connectivity index (χ4n) is 2.67. The Hall–Kier alpha value is -1.35. The lowest BCUT2D eigenvalue weighted by Gasteiger charge is -2.22. The molecular weight excluding hydrogens is 429 g/mol. The summed E-state index contributed by atoms with van der Waals surface area (Å²) >= 11 is 0. The number of para-hydroxylation sites is 1. The average Bonchev–Trinajstić information content (AvgIpc) is 2.90. The first kappa shape index (κ1) is 21.7. The molecule has 1 aromatic carbocycles. The van der Waals surface area contributed by atoms with E-state index in [-0.39, 0.29) is 41.5 Å². The van der Waals surface area contributed by atoms with Crippen LogP contribution in [0.3, 0.4) is 0 Å². The molecule has 1 amide bonds. The molecule has 1 unspecified atom stereocenters. The van der Waals surface area contributed by atoms with E-state index in [2.05, 4.69) is 41.7 Å². The molecule has 0 spiro atoms. The van der Waals surface area contributed by atoms with Crippen molar-refractivity contribution in [3.8, 4) is 0 Å². The van der Waals surface area contributed by atoms with Crippen molar-refractivity contribution in [3.05, 3.63) is 30.3 Å². The number of halogens is 1. The van der Waals surface area contributed by atoms with Gasteiger partial charge in [0.25, 0.3) is 0 Å². The smallest absolute Gasteiger partial charge is 0.229 e. The van der Waals surface area contributed by atoms with Crippen molar-refractivity contribution in [2.45, 2.75) is 38.8 Å². The number of carbonyl (C=O) groups excluding carboxylic acids is 1. The van der Waals surface area contributed by atoms with Crippen LogP contribution in [0.15, 0.2) is 35.3 Å². The number of hydrogen-bond acceptors (Lipinski definition) is 3. The SMILES string of the molecule is CN=C(NCCNC(C)(C)C)NC1CC(=O)N(c2ccccc2)C1.I. The highest BCUT2D eigenvalue weighted by atomic mass is 127. The van der Waals surface area contributed by atoms with E-state index < -0.39 is 0 Å². The van der Waals surface area contributed by atoms with Crippen LogP contribution in [0.25, 0.3) is 0 Å². The van der Waals surface area contributed by atoms with Crippen LogP contribution in [0, 0.1) is 0 Å². The maximum absolute atomic E-state index is 12.2. The van der Waals surface area contributed by atoms with Crippen LogP contribution < -0.4 is 20.9 Å². The lowest BCUT2D eigenvalue weighted by Crippen LogP contribution is -2.47. The number of rotatable bonds is 5. The fourth-order valence-corrected chi connectivity index (χ4v) is 2.67. The van der Waals surface area contributed by atoms with E-state index in [9.17, 15) is 4.79 Å². The van der Waals surface area contributed by atoms with E-state index in [0.717, 1.165) is 24.7 Å². The molecule has 0 saturated carbocycles. The molecule has 7 heteroatoms. The van der Waals surface area contributed by atoms with Gasteiger partial charge in [0, 0.05) is 44.3 Å². The van der Waals surface area contributed by atoms with Crippen molar-refractivity contribution in [2.75, 3.05) is 31.6 Å². The first-order valence-electron chi connectivity index (χ1n) is 8.46. The summed E-state index contributed by atoms with van der Waals surface area (Å²) in [4.78, 5) is 18.3. The molecule has 1 aliphatic heterocycles. The van der Waals surface area contributed by atoms with Gasteiger partial charge in [-0.05, 0) is 32.9 Å². The second-order valence-corrected chi connectivity index (χ2v) is 7.06. The molecular formula is C18H30IN5O. The number of carbonyl (C=O) groups is 1. The molecule has 140 valence electrons. The summed E-state index contributed by atoms with van der Waals surface area (Å²) in [5, 5.41) is 10.0. The van der Waals surface area contributed by atoms with Crippen molar-refractivity contribution < 1.29 is 4.79 Å². The first-order valence-corrected chi connectivity index (χ1v) is 8.46. The molecule has 6 nitrogen and oxygen atoms in total. The molecule has 2 rings (SSSR count). The lowest BCUT2D eigenvalue weighted by atomic mass is 10.1. The summed E-state index contributed by atoms with van der Waals surface area (Å²) in [6, 6.07) is 9.85. The Bertz CT molecular complexity index is 571. The van der Waals surface area contributed by atoms with Crippen LogP contribution in [0.1, 0.15) is 27.2 Å². The molecule has 1 aromatic rings. The van der Waals surface area contributed by atoms with Gasteiger partial charge >= 0.3 is 0 Å². The van der Waals surface area contributed by atoms with E-state index in [4.69, 9.17) is 0 Å². The molecule has 1 atom stereocenters. The molecule has 0 bridgehead atoms. The number of nitrogens with one attached hydrogen (secondary N) is 3. The van der Waals surface area contributed by atoms with Gasteiger partial charge in [-0.3, -0.25) is 9.79 Å². The van der Waals surface area contributed by atoms with Crippen molar-refractivity contribution in [3.63, 3.8) is 0 Å². The standard InChI is InChI=1S/C18H29N5O.HI/c1-18(2,3)21-11-10-20-17(19-4)22-14-12-16(24)23(13-14)15-8-6-5-7-9-15;/h5-9,14,21H,10-13H2,1-4H3,(H2,19,20,22);1H. The molecule has 1 saturated heterocycles. The fraction of sp³-hybridized carbons (Fsp3) is 0.556. The average molecular weight is 459 g/mol. The Balaban J connectivity index is 0.00000312. The predicted octanol–water partition coefficient (Wildman–Crippen LogP) is 1.96. The van der Waals surface area contributed by atoms with Crippen LogP contribution in [-0.4, -0.2) is 50.1 Å². The second kappa shape index (κ2) is 9.96. The zero-order chi connectivity index (χ0) is 17.6. The van der Waals surface area contributed by atoms with Gasteiger partial charge in [-0.25, -0.2) is 0 Å². The van der Waals surface area contributed by atoms with E-state index in [1.165, 1.54) is 0 Å². The minimum atomic E-state index is 0. The van der Waals surface area contributed by atoms with Gasteiger partial charge in [0.1, 0.15) is 0 Å². The zero-order valence-corrected chi connectivity index (χ0v) is 17.8. The maximum atomic E-state index is 12.2. The third kappa shape index (κ3) is 7.19. The Morgan fingerprint density at radius 3 is 2.52 bits per heavy atom. The number of benzene rings is 1. The minimum Gasteiger partial charge on any atom is -0.355 e. The number of amides is 1. The van der Waals surface area contributed by atoms with E-state index in [0.29, 0.717) is 13.0 Å². The van der Waals surface area contributed by atoms with Crippen molar-refractivity contribution in [1.82, 2.24) is 16.0 Å². The predicted molar refractivity (Wildman–Crippen MR) is 115 cm³/mol. The van der Waals surface area contributed by atoms with Gasteiger partial charge in [0.15, 0.2) is 5.96 Å². The van der Waals surface area contributed by atoms with E-state index in [1.807, 2.05) is 35.2 Å². The number of hydrogen-bond donors (Lipinski definition) is 3. The Morgan fingerprint density at radius 2 is 1.92 bits per heavy atom. The number of anilines is 1. The van der Waals surface area contributed by atoms with Gasteiger partial charge in [-0.2, -0.15) is 0 Å². The second-order valence-electron chi connectivity index (χ2n) is 7.06. The number of guanidine groups is 1. The summed E-state index contributed by atoms with van der Waals surface area (Å²) in [6.07, 6.45) is 0.482. The Morgan fingerprint density at radius 1 is 1.24 bits per heavy atom. The highest BCUT2D eigenvalue weighted by molar-refractivity contribution is 14.0. The van der Waals surface area contributed by atoms with E-state index >= 15 is 0 Å². The number of aliphatic imine (C=N–C) groups is 1. The van der Waals surface area contributed by atoms with Gasteiger partial charge in [-0.1, -0.05) is 18.2 Å². The molecule has 1 heterocycles. The van der Waals surface area contributed by atoms with Gasteiger partial charge in [-0.15, -0.1) is 24.0 Å². The van der Waals surface area contributed by atoms with Crippen molar-refractivity contribution >= 4 is 41.5 Å². The molecule has 1 fully saturated rings. The van der Waals surface area contributed by atoms with Gasteiger partial charge in [0.2, 0.25) is 5.91 Å². The summed E-state index contributed by atoms with van der Waals surface area (Å²) in [7, 11) is 1.75. The highest BCUT2D eigenvalue weighted by Crippen LogP contribution is 2.20. The third-order valence-corrected chi connectivity index (χ3v) is 3.83. The topological polar surface area (TPSA) is 68.8 Å². The van der Waals surface area contributed by atoms with E-state index in [1.54, 1.807) is 7.05 Å². The molecule has 25 heavy (non-hydrogen) atoms.